The van der Waals surface area contributed by atoms with Crippen molar-refractivity contribution in [2.24, 2.45) is 0 Å². The van der Waals surface area contributed by atoms with Gasteiger partial charge in [0.05, 0.1) is 5.69 Å². The van der Waals surface area contributed by atoms with Crippen molar-refractivity contribution in [3.05, 3.63) is 15.8 Å². The van der Waals surface area contributed by atoms with E-state index >= 15 is 0 Å². The lowest BCUT2D eigenvalue weighted by Gasteiger charge is -2.19. The van der Waals surface area contributed by atoms with Gasteiger partial charge < -0.3 is 4.74 Å². The van der Waals surface area contributed by atoms with Gasteiger partial charge in [-0.25, -0.2) is 4.79 Å². The molecule has 4 heteroatoms. The minimum absolute atomic E-state index is 0.384. The Morgan fingerprint density at radius 2 is 2.06 bits per heavy atom. The number of anilines is 1. The van der Waals surface area contributed by atoms with Crippen molar-refractivity contribution in [1.82, 2.24) is 0 Å². The van der Waals surface area contributed by atoms with Crippen LogP contribution in [0.25, 0.3) is 0 Å². The highest BCUT2D eigenvalue weighted by atomic mass is 32.1. The highest BCUT2D eigenvalue weighted by Gasteiger charge is 2.18. The van der Waals surface area contributed by atoms with Gasteiger partial charge in [-0.15, -0.1) is 11.3 Å². The number of hydrogen-bond acceptors (Lipinski definition) is 3. The van der Waals surface area contributed by atoms with E-state index in [0.717, 1.165) is 12.1 Å². The topological polar surface area (TPSA) is 38.3 Å². The molecule has 1 amide bonds. The number of aryl methyl sites for hydroxylation is 1. The first-order valence-electron chi connectivity index (χ1n) is 6.35. The Balaban J connectivity index is 2.80. The van der Waals surface area contributed by atoms with Gasteiger partial charge in [-0.05, 0) is 39.2 Å². The van der Waals surface area contributed by atoms with E-state index in [0.29, 0.717) is 5.92 Å². The highest BCUT2D eigenvalue weighted by Crippen LogP contribution is 2.32. The first-order valence-corrected chi connectivity index (χ1v) is 7.17. The van der Waals surface area contributed by atoms with E-state index in [-0.39, 0.29) is 6.09 Å². The number of rotatable bonds is 3. The van der Waals surface area contributed by atoms with Crippen molar-refractivity contribution in [3.63, 3.8) is 0 Å². The first kappa shape index (κ1) is 15.0. The average Bonchev–Trinajstić information content (AvgIpc) is 2.57. The molecule has 3 nitrogen and oxygen atoms in total. The molecule has 1 aromatic heterocycles. The van der Waals surface area contributed by atoms with Crippen LogP contribution in [-0.2, 0) is 11.2 Å². The zero-order chi connectivity index (χ0) is 13.9. The minimum atomic E-state index is -0.465. The van der Waals surface area contributed by atoms with E-state index in [9.17, 15) is 4.79 Å². The lowest BCUT2D eigenvalue weighted by molar-refractivity contribution is 0.0636. The molecule has 0 fully saturated rings. The Morgan fingerprint density at radius 1 is 1.44 bits per heavy atom. The molecule has 0 aliphatic heterocycles. The van der Waals surface area contributed by atoms with Crippen molar-refractivity contribution in [2.45, 2.75) is 59.5 Å². The van der Waals surface area contributed by atoms with Crippen LogP contribution in [0.4, 0.5) is 10.5 Å². The summed E-state index contributed by atoms with van der Waals surface area (Å²) in [4.78, 5) is 14.2. The molecule has 0 unspecified atom stereocenters. The Hall–Kier alpha value is -1.03. The maximum atomic E-state index is 11.7. The van der Waals surface area contributed by atoms with Crippen LogP contribution in [0.1, 0.15) is 57.2 Å². The number of nitrogens with one attached hydrogen (secondary N) is 1. The van der Waals surface area contributed by atoms with Gasteiger partial charge in [0.25, 0.3) is 0 Å². The first-order chi connectivity index (χ1) is 8.23. The fourth-order valence-corrected chi connectivity index (χ4v) is 2.58. The van der Waals surface area contributed by atoms with Gasteiger partial charge in [0.1, 0.15) is 5.60 Å². The Bertz CT molecular complexity index is 416. The summed E-state index contributed by atoms with van der Waals surface area (Å²) in [6.45, 7) is 12.0. The largest absolute Gasteiger partial charge is 0.444 e. The number of hydrogen-bond donors (Lipinski definition) is 1. The van der Waals surface area contributed by atoms with E-state index in [4.69, 9.17) is 4.74 Å². The molecule has 0 spiro atoms. The van der Waals surface area contributed by atoms with Gasteiger partial charge >= 0.3 is 6.09 Å². The molecule has 0 saturated heterocycles. The third-order valence-electron chi connectivity index (χ3n) is 2.35. The molecule has 18 heavy (non-hydrogen) atoms. The molecule has 0 saturated carbocycles. The summed E-state index contributed by atoms with van der Waals surface area (Å²) in [5.41, 5.74) is 0.424. The summed E-state index contributed by atoms with van der Waals surface area (Å²) in [5, 5.41) is 2.84. The molecule has 102 valence electrons. The highest BCUT2D eigenvalue weighted by molar-refractivity contribution is 7.12. The van der Waals surface area contributed by atoms with Crippen molar-refractivity contribution < 1.29 is 9.53 Å². The maximum Gasteiger partial charge on any atom is 0.412 e. The van der Waals surface area contributed by atoms with Crippen LogP contribution in [0.15, 0.2) is 6.07 Å². The Morgan fingerprint density at radius 3 is 2.50 bits per heavy atom. The molecule has 0 atom stereocenters. The quantitative estimate of drug-likeness (QED) is 0.857. The average molecular weight is 269 g/mol. The fourth-order valence-electron chi connectivity index (χ4n) is 1.52. The molecule has 0 radical (unpaired) electrons. The van der Waals surface area contributed by atoms with Gasteiger partial charge in [0.2, 0.25) is 0 Å². The van der Waals surface area contributed by atoms with Crippen LogP contribution in [0, 0.1) is 0 Å². The molecule has 0 aliphatic carbocycles. The second kappa shape index (κ2) is 5.74. The maximum absolute atomic E-state index is 11.7. The second-order valence-electron chi connectivity index (χ2n) is 5.62. The summed E-state index contributed by atoms with van der Waals surface area (Å²) in [6, 6.07) is 2.05. The van der Waals surface area contributed by atoms with Gasteiger partial charge in [-0.3, -0.25) is 5.32 Å². The van der Waals surface area contributed by atoms with Gasteiger partial charge in [0, 0.05) is 9.75 Å². The zero-order valence-corrected chi connectivity index (χ0v) is 12.9. The molecule has 1 N–H and O–H groups in total. The van der Waals surface area contributed by atoms with Crippen LogP contribution in [0.3, 0.4) is 0 Å². The summed E-state index contributed by atoms with van der Waals surface area (Å²) < 4.78 is 5.27. The normalized spacial score (nSPS) is 11.7. The number of ether oxygens (including phenoxy) is 1. The van der Waals surface area contributed by atoms with Gasteiger partial charge in [-0.1, -0.05) is 20.8 Å². The monoisotopic (exact) mass is 269 g/mol. The second-order valence-corrected chi connectivity index (χ2v) is 6.79. The van der Waals surface area contributed by atoms with Crippen molar-refractivity contribution in [1.29, 1.82) is 0 Å². The van der Waals surface area contributed by atoms with Gasteiger partial charge in [-0.2, -0.15) is 0 Å². The van der Waals surface area contributed by atoms with E-state index in [2.05, 4.69) is 32.2 Å². The molecule has 0 aliphatic rings. The number of carbonyl (C=O) groups excluding carboxylic acids is 1. The Kier molecular flexibility index (Phi) is 4.79. The summed E-state index contributed by atoms with van der Waals surface area (Å²) in [5.74, 6) is 0.481. The predicted octanol–water partition coefficient (Wildman–Crippen LogP) is 4.78. The van der Waals surface area contributed by atoms with E-state index in [1.807, 2.05) is 20.8 Å². The van der Waals surface area contributed by atoms with Crippen molar-refractivity contribution in [2.75, 3.05) is 5.32 Å². The third-order valence-corrected chi connectivity index (χ3v) is 3.93. The van der Waals surface area contributed by atoms with Gasteiger partial charge in [0.15, 0.2) is 0 Å². The lowest BCUT2D eigenvalue weighted by atomic mass is 10.2. The summed E-state index contributed by atoms with van der Waals surface area (Å²) in [6.07, 6.45) is 0.535. The SMILES string of the molecule is CCc1sc(C(C)C)cc1NC(=O)OC(C)(C)C. The van der Waals surface area contributed by atoms with E-state index in [1.54, 1.807) is 11.3 Å². The number of thiophene rings is 1. The molecular formula is C14H23NO2S. The van der Waals surface area contributed by atoms with Crippen LogP contribution in [0.5, 0.6) is 0 Å². The summed E-state index contributed by atoms with van der Waals surface area (Å²) in [7, 11) is 0. The molecule has 1 heterocycles. The van der Waals surface area contributed by atoms with E-state index < -0.39 is 5.60 Å². The lowest BCUT2D eigenvalue weighted by Crippen LogP contribution is -2.27. The summed E-state index contributed by atoms with van der Waals surface area (Å²) >= 11 is 1.76. The standard InChI is InChI=1S/C14H23NO2S/c1-7-11-10(8-12(18-11)9(2)3)15-13(16)17-14(4,5)6/h8-9H,7H2,1-6H3,(H,15,16). The van der Waals surface area contributed by atoms with E-state index in [1.165, 1.54) is 9.75 Å². The number of carbonyl (C=O) groups is 1. The Labute approximate surface area is 114 Å². The third kappa shape index (κ3) is 4.33. The minimum Gasteiger partial charge on any atom is -0.444 e. The van der Waals surface area contributed by atoms with Crippen molar-refractivity contribution >= 4 is 23.1 Å². The van der Waals surface area contributed by atoms with Crippen LogP contribution in [-0.4, -0.2) is 11.7 Å². The molecule has 1 rings (SSSR count). The predicted molar refractivity (Wildman–Crippen MR) is 77.6 cm³/mol. The van der Waals surface area contributed by atoms with Crippen molar-refractivity contribution in [3.8, 4) is 0 Å². The molecule has 0 bridgehead atoms. The smallest absolute Gasteiger partial charge is 0.412 e. The molecular weight excluding hydrogens is 246 g/mol. The van der Waals surface area contributed by atoms with Crippen LogP contribution < -0.4 is 5.32 Å². The van der Waals surface area contributed by atoms with Crippen LogP contribution in [0.2, 0.25) is 0 Å². The number of amides is 1. The zero-order valence-electron chi connectivity index (χ0n) is 12.1. The van der Waals surface area contributed by atoms with Crippen LogP contribution >= 0.6 is 11.3 Å². The fraction of sp³-hybridized carbons (Fsp3) is 0.643. The molecule has 0 aromatic carbocycles. The molecule has 1 aromatic rings.